The second-order valence-corrected chi connectivity index (χ2v) is 12.2. The SMILES string of the molecule is CC[C@@H](C(=O)NCC(C)C)N(Cc1ccc(Cl)cc1)C(=O)CN(c1ccc(Oc2ccccc2)cc1)S(C)(=O)=O. The quantitative estimate of drug-likeness (QED) is 0.287. The fourth-order valence-electron chi connectivity index (χ4n) is 4.05. The van der Waals surface area contributed by atoms with Crippen molar-refractivity contribution in [2.45, 2.75) is 39.8 Å². The van der Waals surface area contributed by atoms with Gasteiger partial charge in [-0.25, -0.2) is 8.42 Å². The van der Waals surface area contributed by atoms with Crippen molar-refractivity contribution in [1.82, 2.24) is 10.2 Å². The van der Waals surface area contributed by atoms with E-state index in [1.807, 2.05) is 51.1 Å². The number of anilines is 1. The van der Waals surface area contributed by atoms with Crippen LogP contribution in [-0.4, -0.2) is 50.5 Å². The summed E-state index contributed by atoms with van der Waals surface area (Å²) in [7, 11) is -3.84. The van der Waals surface area contributed by atoms with E-state index in [0.717, 1.165) is 16.1 Å². The fourth-order valence-corrected chi connectivity index (χ4v) is 5.02. The highest BCUT2D eigenvalue weighted by Crippen LogP contribution is 2.26. The number of nitrogens with one attached hydrogen (secondary N) is 1. The Balaban J connectivity index is 1.88. The van der Waals surface area contributed by atoms with Gasteiger partial charge in [-0.1, -0.05) is 62.7 Å². The van der Waals surface area contributed by atoms with Gasteiger partial charge in [0.25, 0.3) is 0 Å². The smallest absolute Gasteiger partial charge is 0.244 e. The monoisotopic (exact) mass is 585 g/mol. The van der Waals surface area contributed by atoms with Gasteiger partial charge in [-0.15, -0.1) is 0 Å². The van der Waals surface area contributed by atoms with Crippen LogP contribution in [0.25, 0.3) is 0 Å². The number of hydrogen-bond donors (Lipinski definition) is 1. The third-order valence-electron chi connectivity index (χ3n) is 6.12. The van der Waals surface area contributed by atoms with Gasteiger partial charge in [0.05, 0.1) is 11.9 Å². The summed E-state index contributed by atoms with van der Waals surface area (Å²) in [5, 5.41) is 3.45. The maximum absolute atomic E-state index is 13.8. The number of rotatable bonds is 13. The van der Waals surface area contributed by atoms with Crippen molar-refractivity contribution in [3.63, 3.8) is 0 Å². The molecule has 0 radical (unpaired) electrons. The lowest BCUT2D eigenvalue weighted by molar-refractivity contribution is -0.140. The summed E-state index contributed by atoms with van der Waals surface area (Å²) < 4.78 is 32.5. The first-order valence-electron chi connectivity index (χ1n) is 13.1. The van der Waals surface area contributed by atoms with E-state index in [-0.39, 0.29) is 18.4 Å². The van der Waals surface area contributed by atoms with E-state index in [2.05, 4.69) is 5.32 Å². The van der Waals surface area contributed by atoms with Crippen LogP contribution in [0.2, 0.25) is 5.02 Å². The van der Waals surface area contributed by atoms with Crippen LogP contribution >= 0.6 is 11.6 Å². The van der Waals surface area contributed by atoms with Crippen molar-refractivity contribution < 1.29 is 22.7 Å². The molecule has 0 bridgehead atoms. The summed E-state index contributed by atoms with van der Waals surface area (Å²) >= 11 is 6.04. The molecule has 0 aliphatic carbocycles. The van der Waals surface area contributed by atoms with Gasteiger partial charge < -0.3 is 15.0 Å². The van der Waals surface area contributed by atoms with Gasteiger partial charge in [-0.2, -0.15) is 0 Å². The topological polar surface area (TPSA) is 96.0 Å². The lowest BCUT2D eigenvalue weighted by Crippen LogP contribution is -2.52. The number of ether oxygens (including phenoxy) is 1. The summed E-state index contributed by atoms with van der Waals surface area (Å²) in [6.45, 7) is 5.90. The van der Waals surface area contributed by atoms with Crippen molar-refractivity contribution in [2.24, 2.45) is 5.92 Å². The molecule has 10 heteroatoms. The number of amides is 2. The molecule has 0 aliphatic rings. The van der Waals surface area contributed by atoms with Crippen molar-refractivity contribution in [1.29, 1.82) is 0 Å². The minimum absolute atomic E-state index is 0.116. The zero-order valence-electron chi connectivity index (χ0n) is 23.2. The van der Waals surface area contributed by atoms with E-state index in [1.54, 1.807) is 48.5 Å². The van der Waals surface area contributed by atoms with Crippen molar-refractivity contribution in [3.05, 3.63) is 89.4 Å². The van der Waals surface area contributed by atoms with Crippen LogP contribution < -0.4 is 14.4 Å². The largest absolute Gasteiger partial charge is 0.457 e. The van der Waals surface area contributed by atoms with E-state index < -0.39 is 28.5 Å². The third kappa shape index (κ3) is 8.99. The van der Waals surface area contributed by atoms with Crippen molar-refractivity contribution in [2.75, 3.05) is 23.7 Å². The van der Waals surface area contributed by atoms with Crippen molar-refractivity contribution in [3.8, 4) is 11.5 Å². The van der Waals surface area contributed by atoms with Crippen LogP contribution in [0, 0.1) is 5.92 Å². The second-order valence-electron chi connectivity index (χ2n) is 9.89. The highest BCUT2D eigenvalue weighted by Gasteiger charge is 2.31. The lowest BCUT2D eigenvalue weighted by Gasteiger charge is -2.33. The third-order valence-corrected chi connectivity index (χ3v) is 7.51. The lowest BCUT2D eigenvalue weighted by atomic mass is 10.1. The Bertz CT molecular complexity index is 1360. The Morgan fingerprint density at radius 1 is 0.925 bits per heavy atom. The average Bonchev–Trinajstić information content (AvgIpc) is 2.92. The number of hydrogen-bond acceptors (Lipinski definition) is 5. The Morgan fingerprint density at radius 3 is 2.08 bits per heavy atom. The fraction of sp³-hybridized carbons (Fsp3) is 0.333. The van der Waals surface area contributed by atoms with E-state index in [4.69, 9.17) is 16.3 Å². The first kappa shape index (κ1) is 31.0. The molecule has 0 heterocycles. The highest BCUT2D eigenvalue weighted by atomic mass is 35.5. The number of para-hydroxylation sites is 1. The Morgan fingerprint density at radius 2 is 1.52 bits per heavy atom. The van der Waals surface area contributed by atoms with Crippen LogP contribution in [0.3, 0.4) is 0 Å². The normalized spacial score (nSPS) is 12.1. The summed E-state index contributed by atoms with van der Waals surface area (Å²) in [5.41, 5.74) is 1.07. The minimum Gasteiger partial charge on any atom is -0.457 e. The van der Waals surface area contributed by atoms with Gasteiger partial charge in [0.2, 0.25) is 21.8 Å². The maximum atomic E-state index is 13.8. The first-order valence-corrected chi connectivity index (χ1v) is 15.3. The molecular weight excluding hydrogens is 550 g/mol. The number of carbonyl (C=O) groups excluding carboxylic acids is 2. The van der Waals surface area contributed by atoms with E-state index in [1.165, 1.54) is 4.90 Å². The highest BCUT2D eigenvalue weighted by molar-refractivity contribution is 7.92. The molecule has 0 aromatic heterocycles. The zero-order chi connectivity index (χ0) is 29.3. The molecular formula is C30H36ClN3O5S. The Hall–Kier alpha value is -3.56. The molecule has 40 heavy (non-hydrogen) atoms. The van der Waals surface area contributed by atoms with Crippen LogP contribution in [-0.2, 0) is 26.2 Å². The molecule has 3 rings (SSSR count). The van der Waals surface area contributed by atoms with Gasteiger partial charge in [0.1, 0.15) is 24.1 Å². The average molecular weight is 586 g/mol. The van der Waals surface area contributed by atoms with Crippen LogP contribution in [0.1, 0.15) is 32.8 Å². The van der Waals surface area contributed by atoms with Gasteiger partial charge in [0.15, 0.2) is 0 Å². The minimum atomic E-state index is -3.84. The second kappa shape index (κ2) is 14.2. The predicted molar refractivity (Wildman–Crippen MR) is 159 cm³/mol. The molecule has 0 fully saturated rings. The van der Waals surface area contributed by atoms with E-state index in [9.17, 15) is 18.0 Å². The molecule has 0 saturated heterocycles. The number of carbonyl (C=O) groups is 2. The van der Waals surface area contributed by atoms with Gasteiger partial charge in [-0.3, -0.25) is 13.9 Å². The van der Waals surface area contributed by atoms with Gasteiger partial charge in [0, 0.05) is 18.1 Å². The molecule has 214 valence electrons. The van der Waals surface area contributed by atoms with Crippen LogP contribution in [0.5, 0.6) is 11.5 Å². The van der Waals surface area contributed by atoms with Gasteiger partial charge >= 0.3 is 0 Å². The molecule has 3 aromatic carbocycles. The predicted octanol–water partition coefficient (Wildman–Crippen LogP) is 5.48. The van der Waals surface area contributed by atoms with Crippen LogP contribution in [0.15, 0.2) is 78.9 Å². The van der Waals surface area contributed by atoms with Crippen LogP contribution in [0.4, 0.5) is 5.69 Å². The number of benzene rings is 3. The van der Waals surface area contributed by atoms with E-state index >= 15 is 0 Å². The zero-order valence-corrected chi connectivity index (χ0v) is 24.8. The summed E-state index contributed by atoms with van der Waals surface area (Å²) in [5.74, 6) is 0.608. The number of sulfonamides is 1. The molecule has 2 amide bonds. The molecule has 3 aromatic rings. The molecule has 8 nitrogen and oxygen atoms in total. The summed E-state index contributed by atoms with van der Waals surface area (Å²) in [6.07, 6.45) is 1.40. The Labute approximate surface area is 241 Å². The molecule has 1 N–H and O–H groups in total. The van der Waals surface area contributed by atoms with Gasteiger partial charge in [-0.05, 0) is 66.4 Å². The summed E-state index contributed by atoms with van der Waals surface area (Å²) in [6, 6.07) is 21.9. The molecule has 1 atom stereocenters. The van der Waals surface area contributed by atoms with Crippen molar-refractivity contribution >= 4 is 39.1 Å². The molecule has 0 saturated carbocycles. The standard InChI is InChI=1S/C30H36ClN3O5S/c1-5-28(30(36)32-19-22(2)3)33(20-23-11-13-24(31)14-12-23)29(35)21-34(40(4,37)38)25-15-17-27(18-16-25)39-26-9-7-6-8-10-26/h6-18,22,28H,5,19-21H2,1-4H3,(H,32,36)/t28-/m0/s1. The molecule has 0 unspecified atom stereocenters. The Kier molecular flexibility index (Phi) is 11.0. The maximum Gasteiger partial charge on any atom is 0.244 e. The number of halogens is 1. The molecule has 0 spiro atoms. The first-order chi connectivity index (χ1) is 19.0. The summed E-state index contributed by atoms with van der Waals surface area (Å²) in [4.78, 5) is 28.4. The van der Waals surface area contributed by atoms with E-state index in [0.29, 0.717) is 35.2 Å². The number of nitrogens with zero attached hydrogens (tertiary/aromatic N) is 2. The molecule has 0 aliphatic heterocycles.